The van der Waals surface area contributed by atoms with Crippen molar-refractivity contribution in [3.8, 4) is 5.75 Å². The molecule has 0 unspecified atom stereocenters. The number of ether oxygens (including phenoxy) is 1. The Balaban J connectivity index is 2.26. The zero-order valence-electron chi connectivity index (χ0n) is 11.0. The molecule has 0 atom stereocenters. The SMILES string of the molecule is COc1ccc(C(=O)Nc2c(C)cccc2F)cc1Br. The highest BCUT2D eigenvalue weighted by Crippen LogP contribution is 2.26. The minimum absolute atomic E-state index is 0.199. The van der Waals surface area contributed by atoms with Gasteiger partial charge in [0.15, 0.2) is 0 Å². The largest absolute Gasteiger partial charge is 0.496 e. The van der Waals surface area contributed by atoms with E-state index in [9.17, 15) is 9.18 Å². The lowest BCUT2D eigenvalue weighted by Crippen LogP contribution is -2.14. The van der Waals surface area contributed by atoms with E-state index in [4.69, 9.17) is 4.74 Å². The van der Waals surface area contributed by atoms with Crippen LogP contribution in [-0.2, 0) is 0 Å². The first-order valence-corrected chi connectivity index (χ1v) is 6.72. The number of carbonyl (C=O) groups is 1. The van der Waals surface area contributed by atoms with Crippen LogP contribution in [-0.4, -0.2) is 13.0 Å². The van der Waals surface area contributed by atoms with Gasteiger partial charge in [-0.2, -0.15) is 0 Å². The molecular weight excluding hydrogens is 325 g/mol. The first kappa shape index (κ1) is 14.5. The number of hydrogen-bond donors (Lipinski definition) is 1. The van der Waals surface area contributed by atoms with E-state index in [1.54, 1.807) is 44.4 Å². The van der Waals surface area contributed by atoms with Gasteiger partial charge in [0.05, 0.1) is 17.3 Å². The Morgan fingerprint density at radius 2 is 2.05 bits per heavy atom. The smallest absolute Gasteiger partial charge is 0.255 e. The molecule has 0 aliphatic heterocycles. The number of aryl methyl sites for hydroxylation is 1. The van der Waals surface area contributed by atoms with Crippen molar-refractivity contribution in [1.29, 1.82) is 0 Å². The van der Waals surface area contributed by atoms with Crippen molar-refractivity contribution in [2.24, 2.45) is 0 Å². The third kappa shape index (κ3) is 2.99. The van der Waals surface area contributed by atoms with Gasteiger partial charge >= 0.3 is 0 Å². The molecule has 0 radical (unpaired) electrons. The Labute approximate surface area is 124 Å². The van der Waals surface area contributed by atoms with Crippen LogP contribution < -0.4 is 10.1 Å². The van der Waals surface area contributed by atoms with Crippen LogP contribution in [0.25, 0.3) is 0 Å². The molecule has 0 fully saturated rings. The Hall–Kier alpha value is -1.88. The topological polar surface area (TPSA) is 38.3 Å². The molecule has 5 heteroatoms. The predicted octanol–water partition coefficient (Wildman–Crippen LogP) is 4.16. The lowest BCUT2D eigenvalue weighted by molar-refractivity contribution is 0.102. The van der Waals surface area contributed by atoms with E-state index in [0.29, 0.717) is 21.3 Å². The normalized spacial score (nSPS) is 10.2. The highest BCUT2D eigenvalue weighted by molar-refractivity contribution is 9.10. The molecule has 0 aromatic heterocycles. The first-order chi connectivity index (χ1) is 9.52. The van der Waals surface area contributed by atoms with Crippen LogP contribution in [0.3, 0.4) is 0 Å². The number of nitrogens with one attached hydrogen (secondary N) is 1. The van der Waals surface area contributed by atoms with Crippen LogP contribution in [0.1, 0.15) is 15.9 Å². The lowest BCUT2D eigenvalue weighted by Gasteiger charge is -2.10. The van der Waals surface area contributed by atoms with Crippen LogP contribution in [0.5, 0.6) is 5.75 Å². The summed E-state index contributed by atoms with van der Waals surface area (Å²) < 4.78 is 19.4. The van der Waals surface area contributed by atoms with E-state index in [1.807, 2.05) is 0 Å². The van der Waals surface area contributed by atoms with Crippen molar-refractivity contribution >= 4 is 27.5 Å². The summed E-state index contributed by atoms with van der Waals surface area (Å²) in [4.78, 5) is 12.1. The summed E-state index contributed by atoms with van der Waals surface area (Å²) in [5, 5.41) is 2.58. The highest BCUT2D eigenvalue weighted by atomic mass is 79.9. The second-order valence-electron chi connectivity index (χ2n) is 4.24. The van der Waals surface area contributed by atoms with Gasteiger partial charge < -0.3 is 10.1 Å². The molecule has 2 rings (SSSR count). The van der Waals surface area contributed by atoms with Gasteiger partial charge in [0.2, 0.25) is 0 Å². The van der Waals surface area contributed by atoms with Crippen LogP contribution in [0.2, 0.25) is 0 Å². The predicted molar refractivity (Wildman–Crippen MR) is 79.8 cm³/mol. The maximum Gasteiger partial charge on any atom is 0.255 e. The molecule has 20 heavy (non-hydrogen) atoms. The number of benzene rings is 2. The van der Waals surface area contributed by atoms with E-state index in [0.717, 1.165) is 0 Å². The van der Waals surface area contributed by atoms with E-state index >= 15 is 0 Å². The Kier molecular flexibility index (Phi) is 4.39. The Morgan fingerprint density at radius 3 is 2.65 bits per heavy atom. The number of halogens is 2. The Bertz CT molecular complexity index is 638. The van der Waals surface area contributed by atoms with Gasteiger partial charge in [-0.15, -0.1) is 0 Å². The second kappa shape index (κ2) is 6.05. The van der Waals surface area contributed by atoms with Crippen LogP contribution >= 0.6 is 15.9 Å². The zero-order chi connectivity index (χ0) is 14.7. The molecule has 2 aromatic rings. The van der Waals surface area contributed by atoms with Crippen molar-refractivity contribution in [2.45, 2.75) is 6.92 Å². The maximum absolute atomic E-state index is 13.7. The molecule has 0 saturated carbocycles. The van der Waals surface area contributed by atoms with Gasteiger partial charge in [-0.25, -0.2) is 4.39 Å². The summed E-state index contributed by atoms with van der Waals surface area (Å²) in [5.74, 6) is -0.198. The summed E-state index contributed by atoms with van der Waals surface area (Å²) in [6.45, 7) is 1.74. The van der Waals surface area contributed by atoms with Crippen molar-refractivity contribution in [3.63, 3.8) is 0 Å². The lowest BCUT2D eigenvalue weighted by atomic mass is 10.1. The highest BCUT2D eigenvalue weighted by Gasteiger charge is 2.12. The number of carbonyl (C=O) groups excluding carboxylic acids is 1. The van der Waals surface area contributed by atoms with Crippen LogP contribution in [0, 0.1) is 12.7 Å². The van der Waals surface area contributed by atoms with Crippen molar-refractivity contribution in [2.75, 3.05) is 12.4 Å². The molecule has 0 aliphatic rings. The standard InChI is InChI=1S/C15H13BrFNO2/c1-9-4-3-5-12(17)14(9)18-15(19)10-6-7-13(20-2)11(16)8-10/h3-8H,1-2H3,(H,18,19). The molecule has 1 N–H and O–H groups in total. The number of methoxy groups -OCH3 is 1. The molecule has 1 amide bonds. The number of anilines is 1. The number of hydrogen-bond acceptors (Lipinski definition) is 2. The van der Waals surface area contributed by atoms with Crippen molar-refractivity contribution in [1.82, 2.24) is 0 Å². The minimum Gasteiger partial charge on any atom is -0.496 e. The molecule has 104 valence electrons. The zero-order valence-corrected chi connectivity index (χ0v) is 12.6. The summed E-state index contributed by atoms with van der Waals surface area (Å²) in [7, 11) is 1.54. The van der Waals surface area contributed by atoms with E-state index in [2.05, 4.69) is 21.2 Å². The van der Waals surface area contributed by atoms with E-state index in [-0.39, 0.29) is 11.6 Å². The Morgan fingerprint density at radius 1 is 1.30 bits per heavy atom. The summed E-state index contributed by atoms with van der Waals surface area (Å²) in [6.07, 6.45) is 0. The van der Waals surface area contributed by atoms with Gasteiger partial charge in [-0.05, 0) is 52.7 Å². The van der Waals surface area contributed by atoms with Crippen molar-refractivity contribution < 1.29 is 13.9 Å². The van der Waals surface area contributed by atoms with E-state index in [1.165, 1.54) is 6.07 Å². The van der Waals surface area contributed by atoms with E-state index < -0.39 is 5.82 Å². The molecular formula is C15H13BrFNO2. The van der Waals surface area contributed by atoms with Crippen molar-refractivity contribution in [3.05, 3.63) is 57.8 Å². The number of rotatable bonds is 3. The minimum atomic E-state index is -0.453. The summed E-state index contributed by atoms with van der Waals surface area (Å²) in [6, 6.07) is 9.58. The fourth-order valence-electron chi connectivity index (χ4n) is 1.78. The van der Waals surface area contributed by atoms with Gasteiger partial charge in [0, 0.05) is 5.56 Å². The van der Waals surface area contributed by atoms with Gasteiger partial charge in [0.25, 0.3) is 5.91 Å². The average Bonchev–Trinajstić information content (AvgIpc) is 2.42. The maximum atomic E-state index is 13.7. The summed E-state index contributed by atoms with van der Waals surface area (Å²) >= 11 is 3.31. The fourth-order valence-corrected chi connectivity index (χ4v) is 2.32. The molecule has 0 spiro atoms. The summed E-state index contributed by atoms with van der Waals surface area (Å²) in [5.41, 5.74) is 1.29. The first-order valence-electron chi connectivity index (χ1n) is 5.93. The molecule has 0 aliphatic carbocycles. The third-order valence-electron chi connectivity index (χ3n) is 2.87. The molecule has 2 aromatic carbocycles. The molecule has 0 saturated heterocycles. The van der Waals surface area contributed by atoms with Crippen LogP contribution in [0.4, 0.5) is 10.1 Å². The number of para-hydroxylation sites is 1. The van der Waals surface area contributed by atoms with Gasteiger partial charge in [-0.1, -0.05) is 12.1 Å². The number of amides is 1. The third-order valence-corrected chi connectivity index (χ3v) is 3.49. The fraction of sp³-hybridized carbons (Fsp3) is 0.133. The monoisotopic (exact) mass is 337 g/mol. The van der Waals surface area contributed by atoms with Gasteiger partial charge in [-0.3, -0.25) is 4.79 Å². The van der Waals surface area contributed by atoms with Gasteiger partial charge in [0.1, 0.15) is 11.6 Å². The molecule has 0 bridgehead atoms. The van der Waals surface area contributed by atoms with Crippen LogP contribution in [0.15, 0.2) is 40.9 Å². The average molecular weight is 338 g/mol. The quantitative estimate of drug-likeness (QED) is 0.913. The second-order valence-corrected chi connectivity index (χ2v) is 5.09. The molecule has 0 heterocycles. The molecule has 3 nitrogen and oxygen atoms in total.